The molecule has 0 aliphatic heterocycles. The number of ether oxygens (including phenoxy) is 1. The van der Waals surface area contributed by atoms with Gasteiger partial charge in [-0.05, 0) is 31.6 Å². The van der Waals surface area contributed by atoms with Crippen LogP contribution in [-0.2, 0) is 11.3 Å². The summed E-state index contributed by atoms with van der Waals surface area (Å²) < 4.78 is 6.86. The molecule has 0 spiro atoms. The van der Waals surface area contributed by atoms with Crippen molar-refractivity contribution in [2.75, 3.05) is 26.8 Å². The summed E-state index contributed by atoms with van der Waals surface area (Å²) in [6, 6.07) is 2.00. The second-order valence-electron chi connectivity index (χ2n) is 3.75. The molecule has 0 bridgehead atoms. The standard InChI is InChI=1S/C11H20N4OS/c1-10-4-8-15(14-10)7-3-5-12-11(17)13-6-9-16-2/h4,8H,3,5-7,9H2,1-2H3,(H2,12,13,17). The quantitative estimate of drug-likeness (QED) is 0.555. The van der Waals surface area contributed by atoms with Crippen molar-refractivity contribution in [2.45, 2.75) is 19.9 Å². The lowest BCUT2D eigenvalue weighted by molar-refractivity contribution is 0.204. The van der Waals surface area contributed by atoms with Crippen LogP contribution < -0.4 is 10.6 Å². The van der Waals surface area contributed by atoms with E-state index >= 15 is 0 Å². The molecule has 96 valence electrons. The topological polar surface area (TPSA) is 51.1 Å². The van der Waals surface area contributed by atoms with Gasteiger partial charge in [-0.25, -0.2) is 0 Å². The fourth-order valence-electron chi connectivity index (χ4n) is 1.36. The summed E-state index contributed by atoms with van der Waals surface area (Å²) >= 11 is 5.10. The van der Waals surface area contributed by atoms with Gasteiger partial charge in [-0.2, -0.15) is 5.10 Å². The molecule has 1 aromatic heterocycles. The van der Waals surface area contributed by atoms with Crippen molar-refractivity contribution in [1.29, 1.82) is 0 Å². The van der Waals surface area contributed by atoms with Crippen LogP contribution in [0.1, 0.15) is 12.1 Å². The largest absolute Gasteiger partial charge is 0.383 e. The van der Waals surface area contributed by atoms with Gasteiger partial charge in [0.2, 0.25) is 0 Å². The minimum Gasteiger partial charge on any atom is -0.383 e. The maximum Gasteiger partial charge on any atom is 0.166 e. The molecule has 1 heterocycles. The summed E-state index contributed by atoms with van der Waals surface area (Å²) in [5.41, 5.74) is 1.05. The molecule has 1 aromatic rings. The Hall–Kier alpha value is -1.14. The number of hydrogen-bond donors (Lipinski definition) is 2. The Bertz CT molecular complexity index is 340. The average molecular weight is 256 g/mol. The number of aryl methyl sites for hydroxylation is 2. The molecular weight excluding hydrogens is 236 g/mol. The van der Waals surface area contributed by atoms with Gasteiger partial charge in [0.25, 0.3) is 0 Å². The number of nitrogens with zero attached hydrogens (tertiary/aromatic N) is 2. The van der Waals surface area contributed by atoms with Gasteiger partial charge in [-0.3, -0.25) is 4.68 Å². The lowest BCUT2D eigenvalue weighted by atomic mass is 10.4. The first-order chi connectivity index (χ1) is 8.22. The van der Waals surface area contributed by atoms with Gasteiger partial charge < -0.3 is 15.4 Å². The maximum absolute atomic E-state index is 5.10. The summed E-state index contributed by atoms with van der Waals surface area (Å²) in [6.07, 6.45) is 2.98. The van der Waals surface area contributed by atoms with Crippen molar-refractivity contribution in [3.05, 3.63) is 18.0 Å². The van der Waals surface area contributed by atoms with Crippen LogP contribution in [0.2, 0.25) is 0 Å². The average Bonchev–Trinajstić information content (AvgIpc) is 2.71. The summed E-state index contributed by atoms with van der Waals surface area (Å²) in [4.78, 5) is 0. The van der Waals surface area contributed by atoms with Crippen molar-refractivity contribution in [2.24, 2.45) is 0 Å². The lowest BCUT2D eigenvalue weighted by Crippen LogP contribution is -2.37. The minimum atomic E-state index is 0.661. The third-order valence-corrected chi connectivity index (χ3v) is 2.50. The molecule has 0 radical (unpaired) electrons. The second-order valence-corrected chi connectivity index (χ2v) is 4.16. The van der Waals surface area contributed by atoms with Gasteiger partial charge >= 0.3 is 0 Å². The molecule has 0 atom stereocenters. The lowest BCUT2D eigenvalue weighted by Gasteiger charge is -2.09. The third kappa shape index (κ3) is 6.23. The molecule has 0 saturated heterocycles. The SMILES string of the molecule is COCCNC(=S)NCCCn1ccc(C)n1. The first kappa shape index (κ1) is 13.9. The van der Waals surface area contributed by atoms with Crippen molar-refractivity contribution < 1.29 is 4.74 Å². The van der Waals surface area contributed by atoms with Crippen LogP contribution in [0.15, 0.2) is 12.3 Å². The zero-order valence-electron chi connectivity index (χ0n) is 10.4. The normalized spacial score (nSPS) is 10.2. The Labute approximate surface area is 108 Å². The smallest absolute Gasteiger partial charge is 0.166 e. The Balaban J connectivity index is 2.02. The van der Waals surface area contributed by atoms with E-state index < -0.39 is 0 Å². The molecule has 0 amide bonds. The third-order valence-electron chi connectivity index (χ3n) is 2.22. The van der Waals surface area contributed by atoms with Gasteiger partial charge in [-0.15, -0.1) is 0 Å². The number of hydrogen-bond acceptors (Lipinski definition) is 3. The molecule has 1 rings (SSSR count). The van der Waals surface area contributed by atoms with E-state index in [1.54, 1.807) is 7.11 Å². The zero-order valence-corrected chi connectivity index (χ0v) is 11.2. The number of rotatable bonds is 7. The van der Waals surface area contributed by atoms with Crippen LogP contribution in [-0.4, -0.2) is 41.7 Å². The van der Waals surface area contributed by atoms with Crippen LogP contribution in [0.25, 0.3) is 0 Å². The second kappa shape index (κ2) is 8.03. The predicted molar refractivity (Wildman–Crippen MR) is 72.1 cm³/mol. The Morgan fingerprint density at radius 3 is 2.88 bits per heavy atom. The minimum absolute atomic E-state index is 0.661. The molecule has 2 N–H and O–H groups in total. The summed E-state index contributed by atoms with van der Waals surface area (Å²) in [6.45, 7) is 5.14. The fraction of sp³-hybridized carbons (Fsp3) is 0.636. The van der Waals surface area contributed by atoms with Crippen LogP contribution in [0, 0.1) is 6.92 Å². The van der Waals surface area contributed by atoms with Gasteiger partial charge in [-0.1, -0.05) is 0 Å². The highest BCUT2D eigenvalue weighted by Crippen LogP contribution is 1.93. The van der Waals surface area contributed by atoms with Crippen LogP contribution in [0.4, 0.5) is 0 Å². The molecular formula is C11H20N4OS. The molecule has 0 unspecified atom stereocenters. The number of thiocarbonyl (C=S) groups is 1. The van der Waals surface area contributed by atoms with Gasteiger partial charge in [0.1, 0.15) is 0 Å². The number of aromatic nitrogens is 2. The van der Waals surface area contributed by atoms with Gasteiger partial charge in [0, 0.05) is 32.9 Å². The number of methoxy groups -OCH3 is 1. The highest BCUT2D eigenvalue weighted by molar-refractivity contribution is 7.80. The van der Waals surface area contributed by atoms with Crippen molar-refractivity contribution in [3.63, 3.8) is 0 Å². The Morgan fingerprint density at radius 1 is 1.47 bits per heavy atom. The Morgan fingerprint density at radius 2 is 2.24 bits per heavy atom. The van der Waals surface area contributed by atoms with Gasteiger partial charge in [0.05, 0.1) is 12.3 Å². The van der Waals surface area contributed by atoms with Crippen molar-refractivity contribution >= 4 is 17.3 Å². The molecule has 0 aliphatic carbocycles. The van der Waals surface area contributed by atoms with E-state index in [1.807, 2.05) is 23.9 Å². The van der Waals surface area contributed by atoms with Crippen molar-refractivity contribution in [3.8, 4) is 0 Å². The van der Waals surface area contributed by atoms with E-state index in [4.69, 9.17) is 17.0 Å². The van der Waals surface area contributed by atoms with Crippen molar-refractivity contribution in [1.82, 2.24) is 20.4 Å². The molecule has 0 aromatic carbocycles. The van der Waals surface area contributed by atoms with Crippen LogP contribution in [0.3, 0.4) is 0 Å². The van der Waals surface area contributed by atoms with E-state index in [-0.39, 0.29) is 0 Å². The Kier molecular flexibility index (Phi) is 6.57. The molecule has 0 aliphatic rings. The maximum atomic E-state index is 5.10. The molecule has 0 saturated carbocycles. The predicted octanol–water partition coefficient (Wildman–Crippen LogP) is 0.692. The van der Waals surface area contributed by atoms with E-state index in [9.17, 15) is 0 Å². The van der Waals surface area contributed by atoms with E-state index in [1.165, 1.54) is 0 Å². The highest BCUT2D eigenvalue weighted by atomic mass is 32.1. The summed E-state index contributed by atoms with van der Waals surface area (Å²) in [5, 5.41) is 11.2. The molecule has 5 nitrogen and oxygen atoms in total. The molecule has 0 fully saturated rings. The van der Waals surface area contributed by atoms with Crippen LogP contribution in [0.5, 0.6) is 0 Å². The van der Waals surface area contributed by atoms with E-state index in [2.05, 4.69) is 15.7 Å². The first-order valence-corrected chi connectivity index (χ1v) is 6.14. The summed E-state index contributed by atoms with van der Waals surface area (Å²) in [5.74, 6) is 0. The van der Waals surface area contributed by atoms with E-state index in [0.717, 1.165) is 31.7 Å². The van der Waals surface area contributed by atoms with E-state index in [0.29, 0.717) is 11.7 Å². The monoisotopic (exact) mass is 256 g/mol. The number of nitrogens with one attached hydrogen (secondary N) is 2. The molecule has 6 heteroatoms. The zero-order chi connectivity index (χ0) is 12.5. The summed E-state index contributed by atoms with van der Waals surface area (Å²) in [7, 11) is 1.67. The van der Waals surface area contributed by atoms with Gasteiger partial charge in [0.15, 0.2) is 5.11 Å². The molecule has 17 heavy (non-hydrogen) atoms. The van der Waals surface area contributed by atoms with Crippen LogP contribution >= 0.6 is 12.2 Å². The highest BCUT2D eigenvalue weighted by Gasteiger charge is 1.96. The fourth-order valence-corrected chi connectivity index (χ4v) is 1.56. The first-order valence-electron chi connectivity index (χ1n) is 5.73.